The number of anilines is 2. The van der Waals surface area contributed by atoms with Crippen LogP contribution >= 0.6 is 0 Å². The molecular formula is C19H16F3N5O3. The highest BCUT2D eigenvalue weighted by Crippen LogP contribution is 2.27. The first-order chi connectivity index (χ1) is 14.1. The smallest absolute Gasteiger partial charge is 0.383 e. The number of carbonyl (C=O) groups is 1. The minimum atomic E-state index is -4.65. The van der Waals surface area contributed by atoms with Crippen molar-refractivity contribution in [1.29, 1.82) is 0 Å². The maximum atomic E-state index is 12.7. The standard InChI is InChI=1S/C19H16F3N5O3/c1-26(17(29)12-7-8-13(24-9-12)19(20,21)22)14-15(23)27(18(30)25-16(14)28)10-11-5-3-2-4-6-11/h2-9H,10,23H2,1H3,(H,25,28,30). The van der Waals surface area contributed by atoms with Crippen LogP contribution in [0, 0.1) is 0 Å². The summed E-state index contributed by atoms with van der Waals surface area (Å²) < 4.78 is 39.1. The Morgan fingerprint density at radius 3 is 2.40 bits per heavy atom. The van der Waals surface area contributed by atoms with Gasteiger partial charge in [0.05, 0.1) is 12.1 Å². The minimum Gasteiger partial charge on any atom is -0.383 e. The van der Waals surface area contributed by atoms with E-state index in [1.807, 2.05) is 0 Å². The molecule has 156 valence electrons. The summed E-state index contributed by atoms with van der Waals surface area (Å²) in [7, 11) is 1.22. The number of hydrogen-bond acceptors (Lipinski definition) is 5. The number of carbonyl (C=O) groups excluding carboxylic acids is 1. The molecule has 2 heterocycles. The van der Waals surface area contributed by atoms with Crippen LogP contribution in [0.1, 0.15) is 21.6 Å². The fourth-order valence-electron chi connectivity index (χ4n) is 2.81. The normalized spacial score (nSPS) is 11.3. The van der Waals surface area contributed by atoms with Gasteiger partial charge in [0.15, 0.2) is 5.69 Å². The molecule has 3 rings (SSSR count). The van der Waals surface area contributed by atoms with Crippen molar-refractivity contribution in [2.45, 2.75) is 12.7 Å². The Hall–Kier alpha value is -3.89. The molecule has 0 bridgehead atoms. The number of aromatic nitrogens is 3. The van der Waals surface area contributed by atoms with Crippen LogP contribution in [0.3, 0.4) is 0 Å². The molecule has 0 saturated heterocycles. The second-order valence-corrected chi connectivity index (χ2v) is 6.36. The topological polar surface area (TPSA) is 114 Å². The number of amides is 1. The summed E-state index contributed by atoms with van der Waals surface area (Å²) in [6.07, 6.45) is -3.89. The maximum Gasteiger partial charge on any atom is 0.433 e. The van der Waals surface area contributed by atoms with Gasteiger partial charge in [-0.3, -0.25) is 24.1 Å². The first-order valence-electron chi connectivity index (χ1n) is 8.57. The second-order valence-electron chi connectivity index (χ2n) is 6.36. The van der Waals surface area contributed by atoms with Gasteiger partial charge in [-0.2, -0.15) is 13.2 Å². The Kier molecular flexibility index (Phi) is 5.45. The molecule has 1 amide bonds. The molecule has 0 aliphatic rings. The highest BCUT2D eigenvalue weighted by Gasteiger charge is 2.32. The van der Waals surface area contributed by atoms with Crippen LogP contribution in [0.5, 0.6) is 0 Å². The van der Waals surface area contributed by atoms with E-state index < -0.39 is 29.0 Å². The average Bonchev–Trinajstić information content (AvgIpc) is 2.70. The van der Waals surface area contributed by atoms with Gasteiger partial charge in [0, 0.05) is 13.2 Å². The predicted molar refractivity (Wildman–Crippen MR) is 103 cm³/mol. The van der Waals surface area contributed by atoms with Crippen molar-refractivity contribution in [1.82, 2.24) is 14.5 Å². The average molecular weight is 419 g/mol. The van der Waals surface area contributed by atoms with Gasteiger partial charge in [-0.25, -0.2) is 4.79 Å². The Bertz CT molecular complexity index is 1190. The molecule has 3 aromatic rings. The third-order valence-corrected chi connectivity index (χ3v) is 4.34. The first kappa shape index (κ1) is 20.8. The van der Waals surface area contributed by atoms with Crippen LogP contribution in [0.2, 0.25) is 0 Å². The molecule has 0 aliphatic heterocycles. The number of aromatic amines is 1. The molecule has 0 unspecified atom stereocenters. The van der Waals surface area contributed by atoms with E-state index in [0.29, 0.717) is 6.07 Å². The van der Waals surface area contributed by atoms with E-state index in [0.717, 1.165) is 27.3 Å². The molecule has 0 fully saturated rings. The van der Waals surface area contributed by atoms with Crippen molar-refractivity contribution < 1.29 is 18.0 Å². The van der Waals surface area contributed by atoms with Gasteiger partial charge in [0.2, 0.25) is 0 Å². The van der Waals surface area contributed by atoms with Gasteiger partial charge < -0.3 is 10.6 Å². The SMILES string of the molecule is CN(C(=O)c1ccc(C(F)(F)F)nc1)c1c(N)n(Cc2ccccc2)c(=O)[nH]c1=O. The molecule has 3 N–H and O–H groups in total. The van der Waals surface area contributed by atoms with E-state index in [1.54, 1.807) is 30.3 Å². The monoisotopic (exact) mass is 419 g/mol. The minimum absolute atomic E-state index is 0.0408. The van der Waals surface area contributed by atoms with Crippen molar-refractivity contribution in [3.8, 4) is 0 Å². The number of nitrogens with one attached hydrogen (secondary N) is 1. The molecule has 0 radical (unpaired) electrons. The molecule has 0 atom stereocenters. The van der Waals surface area contributed by atoms with Crippen molar-refractivity contribution >= 4 is 17.4 Å². The van der Waals surface area contributed by atoms with Crippen LogP contribution in [-0.4, -0.2) is 27.5 Å². The van der Waals surface area contributed by atoms with E-state index in [4.69, 9.17) is 5.73 Å². The molecule has 1 aromatic carbocycles. The summed E-state index contributed by atoms with van der Waals surface area (Å²) in [5, 5.41) is 0. The lowest BCUT2D eigenvalue weighted by molar-refractivity contribution is -0.141. The number of rotatable bonds is 4. The van der Waals surface area contributed by atoms with Gasteiger partial charge >= 0.3 is 11.9 Å². The van der Waals surface area contributed by atoms with Crippen LogP contribution < -0.4 is 21.9 Å². The van der Waals surface area contributed by atoms with E-state index in [1.165, 1.54) is 7.05 Å². The van der Waals surface area contributed by atoms with E-state index in [9.17, 15) is 27.6 Å². The predicted octanol–water partition coefficient (Wildman–Crippen LogP) is 1.86. The second kappa shape index (κ2) is 7.85. The number of pyridine rings is 1. The Balaban J connectivity index is 1.98. The zero-order chi connectivity index (χ0) is 22.1. The maximum absolute atomic E-state index is 12.7. The molecule has 2 aromatic heterocycles. The number of H-pyrrole nitrogens is 1. The summed E-state index contributed by atoms with van der Waals surface area (Å²) in [5.74, 6) is -1.08. The van der Waals surface area contributed by atoms with E-state index in [2.05, 4.69) is 9.97 Å². The fraction of sp³-hybridized carbons (Fsp3) is 0.158. The van der Waals surface area contributed by atoms with E-state index in [-0.39, 0.29) is 23.6 Å². The summed E-state index contributed by atoms with van der Waals surface area (Å²) in [5.41, 5.74) is 3.42. The number of benzene rings is 1. The van der Waals surface area contributed by atoms with Crippen LogP contribution in [0.25, 0.3) is 0 Å². The Labute approximate surface area is 167 Å². The first-order valence-corrected chi connectivity index (χ1v) is 8.57. The van der Waals surface area contributed by atoms with Crippen LogP contribution in [-0.2, 0) is 12.7 Å². The van der Waals surface area contributed by atoms with Gasteiger partial charge in [0.25, 0.3) is 11.5 Å². The number of nitrogens with zero attached hydrogens (tertiary/aromatic N) is 3. The number of halogens is 3. The van der Waals surface area contributed by atoms with Crippen LogP contribution in [0.4, 0.5) is 24.7 Å². The number of alkyl halides is 3. The molecular weight excluding hydrogens is 403 g/mol. The lowest BCUT2D eigenvalue weighted by atomic mass is 10.2. The highest BCUT2D eigenvalue weighted by molar-refractivity contribution is 6.06. The summed E-state index contributed by atoms with van der Waals surface area (Å²) >= 11 is 0. The van der Waals surface area contributed by atoms with Crippen molar-refractivity contribution in [3.05, 3.63) is 86.3 Å². The Morgan fingerprint density at radius 2 is 1.83 bits per heavy atom. The molecule has 30 heavy (non-hydrogen) atoms. The highest BCUT2D eigenvalue weighted by atomic mass is 19.4. The quantitative estimate of drug-likeness (QED) is 0.670. The lowest BCUT2D eigenvalue weighted by Gasteiger charge is -2.20. The molecule has 0 aliphatic carbocycles. The van der Waals surface area contributed by atoms with Crippen molar-refractivity contribution in [2.75, 3.05) is 17.7 Å². The molecule has 11 heteroatoms. The Morgan fingerprint density at radius 1 is 1.17 bits per heavy atom. The van der Waals surface area contributed by atoms with Crippen molar-refractivity contribution in [2.24, 2.45) is 0 Å². The summed E-state index contributed by atoms with van der Waals surface area (Å²) in [4.78, 5) is 43.4. The lowest BCUT2D eigenvalue weighted by Crippen LogP contribution is -2.39. The summed E-state index contributed by atoms with van der Waals surface area (Å²) in [6, 6.07) is 10.4. The number of hydrogen-bond donors (Lipinski definition) is 2. The van der Waals surface area contributed by atoms with E-state index >= 15 is 0 Å². The largest absolute Gasteiger partial charge is 0.433 e. The van der Waals surface area contributed by atoms with Gasteiger partial charge in [0.1, 0.15) is 11.5 Å². The summed E-state index contributed by atoms with van der Waals surface area (Å²) in [6.45, 7) is 0.0408. The number of nitrogen functional groups attached to an aromatic ring is 1. The van der Waals surface area contributed by atoms with Gasteiger partial charge in [-0.1, -0.05) is 30.3 Å². The fourth-order valence-corrected chi connectivity index (χ4v) is 2.81. The number of nitrogens with two attached hydrogens (primary N) is 1. The van der Waals surface area contributed by atoms with Gasteiger partial charge in [-0.15, -0.1) is 0 Å². The van der Waals surface area contributed by atoms with Gasteiger partial charge in [-0.05, 0) is 17.7 Å². The van der Waals surface area contributed by atoms with Crippen molar-refractivity contribution in [3.63, 3.8) is 0 Å². The third-order valence-electron chi connectivity index (χ3n) is 4.34. The third kappa shape index (κ3) is 4.09. The molecule has 8 nitrogen and oxygen atoms in total. The molecule has 0 saturated carbocycles. The zero-order valence-corrected chi connectivity index (χ0v) is 15.6. The molecule has 0 spiro atoms. The van der Waals surface area contributed by atoms with Crippen LogP contribution in [0.15, 0.2) is 58.3 Å². The zero-order valence-electron chi connectivity index (χ0n) is 15.6.